The smallest absolute Gasteiger partial charge is 0.263 e. The zero-order valence-corrected chi connectivity index (χ0v) is 14.5. The maximum atomic E-state index is 12.3. The van der Waals surface area contributed by atoms with Gasteiger partial charge in [-0.1, -0.05) is 43.3 Å². The molecule has 23 heavy (non-hydrogen) atoms. The molecule has 1 atom stereocenters. The minimum atomic E-state index is -0.0420. The Balaban J connectivity index is 1.63. The molecule has 2 aromatic heterocycles. The SMILES string of the molecule is CCC(CNC(=O)c1cnc(-c2cccs2)s1)c1ccccc1. The second-order valence-corrected chi connectivity index (χ2v) is 7.21. The van der Waals surface area contributed by atoms with E-state index < -0.39 is 0 Å². The zero-order valence-electron chi connectivity index (χ0n) is 12.9. The molecule has 118 valence electrons. The molecule has 1 aromatic carbocycles. The van der Waals surface area contributed by atoms with E-state index in [1.807, 2.05) is 35.7 Å². The fourth-order valence-corrected chi connectivity index (χ4v) is 4.06. The number of hydrogen-bond donors (Lipinski definition) is 1. The molecule has 0 aliphatic carbocycles. The first kappa shape index (κ1) is 15.9. The van der Waals surface area contributed by atoms with Gasteiger partial charge < -0.3 is 5.32 Å². The van der Waals surface area contributed by atoms with Crippen LogP contribution in [-0.2, 0) is 0 Å². The number of carbonyl (C=O) groups is 1. The van der Waals surface area contributed by atoms with Crippen LogP contribution in [0.3, 0.4) is 0 Å². The number of benzene rings is 1. The van der Waals surface area contributed by atoms with Crippen LogP contribution in [0.2, 0.25) is 0 Å². The highest BCUT2D eigenvalue weighted by Crippen LogP contribution is 2.29. The maximum absolute atomic E-state index is 12.3. The van der Waals surface area contributed by atoms with Gasteiger partial charge in [-0.15, -0.1) is 22.7 Å². The van der Waals surface area contributed by atoms with Crippen molar-refractivity contribution < 1.29 is 4.79 Å². The van der Waals surface area contributed by atoms with E-state index in [-0.39, 0.29) is 5.91 Å². The predicted octanol–water partition coefficient (Wildman–Crippen LogP) is 4.80. The Morgan fingerprint density at radius 1 is 1.22 bits per heavy atom. The molecule has 3 nitrogen and oxygen atoms in total. The highest BCUT2D eigenvalue weighted by Gasteiger charge is 2.15. The molecular weight excluding hydrogens is 324 g/mol. The molecule has 0 fully saturated rings. The fourth-order valence-electron chi connectivity index (χ4n) is 2.42. The van der Waals surface area contributed by atoms with Gasteiger partial charge in [-0.25, -0.2) is 4.98 Å². The van der Waals surface area contributed by atoms with Crippen molar-refractivity contribution in [1.82, 2.24) is 10.3 Å². The molecule has 3 rings (SSSR count). The van der Waals surface area contributed by atoms with E-state index in [1.165, 1.54) is 16.9 Å². The fraction of sp³-hybridized carbons (Fsp3) is 0.222. The van der Waals surface area contributed by atoms with Crippen molar-refractivity contribution >= 4 is 28.6 Å². The number of carbonyl (C=O) groups excluding carboxylic acids is 1. The van der Waals surface area contributed by atoms with Crippen LogP contribution in [-0.4, -0.2) is 17.4 Å². The Morgan fingerprint density at radius 3 is 2.74 bits per heavy atom. The lowest BCUT2D eigenvalue weighted by molar-refractivity contribution is 0.0954. The van der Waals surface area contributed by atoms with Gasteiger partial charge in [0.05, 0.1) is 11.1 Å². The van der Waals surface area contributed by atoms with Crippen molar-refractivity contribution in [3.05, 3.63) is 64.5 Å². The van der Waals surface area contributed by atoms with Crippen molar-refractivity contribution in [2.75, 3.05) is 6.54 Å². The molecule has 0 aliphatic rings. The molecule has 0 spiro atoms. The Morgan fingerprint density at radius 2 is 2.04 bits per heavy atom. The van der Waals surface area contributed by atoms with E-state index in [0.717, 1.165) is 16.3 Å². The van der Waals surface area contributed by atoms with Crippen molar-refractivity contribution in [3.8, 4) is 9.88 Å². The monoisotopic (exact) mass is 342 g/mol. The summed E-state index contributed by atoms with van der Waals surface area (Å²) in [6, 6.07) is 14.3. The van der Waals surface area contributed by atoms with Gasteiger partial charge >= 0.3 is 0 Å². The average molecular weight is 342 g/mol. The van der Waals surface area contributed by atoms with Gasteiger partial charge in [0, 0.05) is 12.5 Å². The lowest BCUT2D eigenvalue weighted by Gasteiger charge is -2.15. The molecule has 2 heterocycles. The lowest BCUT2D eigenvalue weighted by atomic mass is 9.96. The summed E-state index contributed by atoms with van der Waals surface area (Å²) in [6.45, 7) is 2.79. The number of amides is 1. The molecule has 0 saturated heterocycles. The van der Waals surface area contributed by atoms with Crippen LogP contribution < -0.4 is 5.32 Å². The van der Waals surface area contributed by atoms with Crippen LogP contribution in [0, 0.1) is 0 Å². The third kappa shape index (κ3) is 3.86. The highest BCUT2D eigenvalue weighted by atomic mass is 32.1. The predicted molar refractivity (Wildman–Crippen MR) is 97.2 cm³/mol. The summed E-state index contributed by atoms with van der Waals surface area (Å²) in [5.41, 5.74) is 1.26. The van der Waals surface area contributed by atoms with E-state index in [4.69, 9.17) is 0 Å². The van der Waals surface area contributed by atoms with Gasteiger partial charge in [-0.2, -0.15) is 0 Å². The quantitative estimate of drug-likeness (QED) is 0.699. The summed E-state index contributed by atoms with van der Waals surface area (Å²) in [5, 5.41) is 5.96. The summed E-state index contributed by atoms with van der Waals surface area (Å²) in [6.07, 6.45) is 2.66. The third-order valence-electron chi connectivity index (χ3n) is 3.73. The van der Waals surface area contributed by atoms with Gasteiger partial charge in [0.25, 0.3) is 5.91 Å². The van der Waals surface area contributed by atoms with Crippen LogP contribution in [0.1, 0.15) is 34.5 Å². The van der Waals surface area contributed by atoms with Gasteiger partial charge in [-0.05, 0) is 23.4 Å². The van der Waals surface area contributed by atoms with Crippen LogP contribution >= 0.6 is 22.7 Å². The molecule has 5 heteroatoms. The number of rotatable bonds is 6. The number of thiazole rings is 1. The summed E-state index contributed by atoms with van der Waals surface area (Å²) >= 11 is 3.08. The Hall–Kier alpha value is -1.98. The Kier molecular flexibility index (Phi) is 5.20. The molecule has 1 N–H and O–H groups in total. The molecule has 0 saturated carbocycles. The van der Waals surface area contributed by atoms with Crippen molar-refractivity contribution in [3.63, 3.8) is 0 Å². The van der Waals surface area contributed by atoms with Gasteiger partial charge in [0.15, 0.2) is 0 Å². The highest BCUT2D eigenvalue weighted by molar-refractivity contribution is 7.21. The topological polar surface area (TPSA) is 42.0 Å². The van der Waals surface area contributed by atoms with Crippen molar-refractivity contribution in [1.29, 1.82) is 0 Å². The Labute approximate surface area is 144 Å². The first-order valence-corrected chi connectivity index (χ1v) is 9.30. The Bertz CT molecular complexity index is 750. The molecule has 0 radical (unpaired) electrons. The summed E-state index contributed by atoms with van der Waals surface area (Å²) in [7, 11) is 0. The van der Waals surface area contributed by atoms with E-state index in [9.17, 15) is 4.79 Å². The van der Waals surface area contributed by atoms with Crippen molar-refractivity contribution in [2.24, 2.45) is 0 Å². The number of aromatic nitrogens is 1. The molecule has 3 aromatic rings. The zero-order chi connectivity index (χ0) is 16.1. The normalized spacial score (nSPS) is 12.0. The number of nitrogens with zero attached hydrogens (tertiary/aromatic N) is 1. The first-order valence-electron chi connectivity index (χ1n) is 7.60. The van der Waals surface area contributed by atoms with Gasteiger partial charge in [0.2, 0.25) is 0 Å². The molecule has 0 bridgehead atoms. The van der Waals surface area contributed by atoms with Crippen molar-refractivity contribution in [2.45, 2.75) is 19.3 Å². The number of nitrogens with one attached hydrogen (secondary N) is 1. The van der Waals surface area contributed by atoms with E-state index in [0.29, 0.717) is 17.3 Å². The first-order chi connectivity index (χ1) is 11.3. The van der Waals surface area contributed by atoms with Crippen LogP contribution in [0.15, 0.2) is 54.0 Å². The molecule has 1 amide bonds. The second kappa shape index (κ2) is 7.53. The molecule has 0 aliphatic heterocycles. The summed E-state index contributed by atoms with van der Waals surface area (Å²) < 4.78 is 0. The third-order valence-corrected chi connectivity index (χ3v) is 5.77. The van der Waals surface area contributed by atoms with Crippen LogP contribution in [0.25, 0.3) is 9.88 Å². The minimum absolute atomic E-state index is 0.0420. The number of thiophene rings is 1. The number of hydrogen-bond acceptors (Lipinski definition) is 4. The molecule has 1 unspecified atom stereocenters. The largest absolute Gasteiger partial charge is 0.351 e. The average Bonchev–Trinajstić information content (AvgIpc) is 3.27. The maximum Gasteiger partial charge on any atom is 0.263 e. The standard InChI is InChI=1S/C18H18N2OS2/c1-2-13(14-7-4-3-5-8-14)11-19-17(21)16-12-20-18(23-16)15-9-6-10-22-15/h3-10,12-13H,2,11H2,1H3,(H,19,21). The van der Waals surface area contributed by atoms with Gasteiger partial charge in [-0.3, -0.25) is 4.79 Å². The second-order valence-electron chi connectivity index (χ2n) is 5.23. The van der Waals surface area contributed by atoms with E-state index in [1.54, 1.807) is 17.5 Å². The minimum Gasteiger partial charge on any atom is -0.351 e. The van der Waals surface area contributed by atoms with Crippen LogP contribution in [0.4, 0.5) is 0 Å². The molecular formula is C18H18N2OS2. The van der Waals surface area contributed by atoms with Gasteiger partial charge in [0.1, 0.15) is 9.88 Å². The summed E-state index contributed by atoms with van der Waals surface area (Å²) in [5.74, 6) is 0.296. The lowest BCUT2D eigenvalue weighted by Crippen LogP contribution is -2.27. The van der Waals surface area contributed by atoms with E-state index >= 15 is 0 Å². The summed E-state index contributed by atoms with van der Waals surface area (Å²) in [4.78, 5) is 18.5. The van der Waals surface area contributed by atoms with E-state index in [2.05, 4.69) is 29.4 Å². The van der Waals surface area contributed by atoms with Crippen LogP contribution in [0.5, 0.6) is 0 Å².